The summed E-state index contributed by atoms with van der Waals surface area (Å²) in [4.78, 5) is 4.76. The highest BCUT2D eigenvalue weighted by Gasteiger charge is 2.33. The van der Waals surface area contributed by atoms with Crippen LogP contribution in [0, 0.1) is 5.41 Å². The molecule has 0 aliphatic heterocycles. The van der Waals surface area contributed by atoms with Crippen LogP contribution in [0.5, 0.6) is 0 Å². The summed E-state index contributed by atoms with van der Waals surface area (Å²) in [6.45, 7) is 4.77. The fraction of sp³-hybridized carbons (Fsp3) is 1.00. The molecule has 1 fully saturated rings. The molecule has 1 aliphatic carbocycles. The number of nitrogens with zero attached hydrogens (tertiary/aromatic N) is 2. The molecule has 0 atom stereocenters. The normalized spacial score (nSPS) is 19.9. The van der Waals surface area contributed by atoms with Gasteiger partial charge in [-0.3, -0.25) is 0 Å². The Kier molecular flexibility index (Phi) is 5.73. The third-order valence-electron chi connectivity index (χ3n) is 3.75. The van der Waals surface area contributed by atoms with Crippen LogP contribution in [0.1, 0.15) is 25.7 Å². The molecule has 1 rings (SSSR count). The molecule has 1 aliphatic rings. The Bertz CT molecular complexity index is 186. The Labute approximate surface area is 101 Å². The molecule has 0 amide bonds. The number of rotatable bonds is 7. The van der Waals surface area contributed by atoms with Gasteiger partial charge in [-0.25, -0.2) is 0 Å². The van der Waals surface area contributed by atoms with E-state index in [9.17, 15) is 0 Å². The largest absolute Gasteiger partial charge is 0.319 e. The molecular formula is C13H29N3. The van der Waals surface area contributed by atoms with Crippen molar-refractivity contribution in [2.24, 2.45) is 5.41 Å². The summed E-state index contributed by atoms with van der Waals surface area (Å²) in [7, 11) is 8.64. The fourth-order valence-electron chi connectivity index (χ4n) is 2.91. The highest BCUT2D eigenvalue weighted by Crippen LogP contribution is 2.37. The van der Waals surface area contributed by atoms with Gasteiger partial charge in [0.1, 0.15) is 0 Å². The molecule has 0 unspecified atom stereocenters. The first kappa shape index (κ1) is 13.9. The third-order valence-corrected chi connectivity index (χ3v) is 3.75. The number of nitrogens with one attached hydrogen (secondary N) is 1. The lowest BCUT2D eigenvalue weighted by Gasteiger charge is -2.34. The molecular weight excluding hydrogens is 198 g/mol. The summed E-state index contributed by atoms with van der Waals surface area (Å²) >= 11 is 0. The van der Waals surface area contributed by atoms with Crippen molar-refractivity contribution in [2.75, 3.05) is 54.4 Å². The zero-order valence-electron chi connectivity index (χ0n) is 11.6. The van der Waals surface area contributed by atoms with Gasteiger partial charge >= 0.3 is 0 Å². The molecule has 0 bridgehead atoms. The lowest BCUT2D eigenvalue weighted by molar-refractivity contribution is 0.166. The Morgan fingerprint density at radius 2 is 1.69 bits per heavy atom. The van der Waals surface area contributed by atoms with E-state index in [1.54, 1.807) is 0 Å². The zero-order chi connectivity index (χ0) is 12.0. The van der Waals surface area contributed by atoms with Crippen LogP contribution in [0.4, 0.5) is 0 Å². The maximum absolute atomic E-state index is 3.38. The van der Waals surface area contributed by atoms with Crippen LogP contribution in [0.25, 0.3) is 0 Å². The topological polar surface area (TPSA) is 18.5 Å². The van der Waals surface area contributed by atoms with Gasteiger partial charge in [-0.1, -0.05) is 12.8 Å². The average molecular weight is 227 g/mol. The van der Waals surface area contributed by atoms with Gasteiger partial charge in [0.15, 0.2) is 0 Å². The van der Waals surface area contributed by atoms with E-state index in [1.807, 2.05) is 0 Å². The third kappa shape index (κ3) is 4.40. The Morgan fingerprint density at radius 3 is 2.19 bits per heavy atom. The average Bonchev–Trinajstić information content (AvgIpc) is 2.64. The quantitative estimate of drug-likeness (QED) is 0.706. The summed E-state index contributed by atoms with van der Waals surface area (Å²) in [6, 6.07) is 0. The summed E-state index contributed by atoms with van der Waals surface area (Å²) in [5.74, 6) is 0. The minimum absolute atomic E-state index is 0.551. The number of hydrogen-bond acceptors (Lipinski definition) is 3. The first-order valence-corrected chi connectivity index (χ1v) is 6.56. The van der Waals surface area contributed by atoms with Crippen molar-refractivity contribution in [3.8, 4) is 0 Å². The standard InChI is InChI=1S/C13H29N3/c1-14-11-13(7-5-6-8-13)12-16(4)10-9-15(2)3/h14H,5-12H2,1-4H3. The predicted molar refractivity (Wildman–Crippen MR) is 70.9 cm³/mol. The molecule has 0 aromatic carbocycles. The zero-order valence-corrected chi connectivity index (χ0v) is 11.6. The number of likely N-dealkylation sites (N-methyl/N-ethyl adjacent to an activating group) is 2. The van der Waals surface area contributed by atoms with Crippen molar-refractivity contribution < 1.29 is 0 Å². The molecule has 1 N–H and O–H groups in total. The predicted octanol–water partition coefficient (Wildman–Crippen LogP) is 1.26. The van der Waals surface area contributed by atoms with Crippen LogP contribution >= 0.6 is 0 Å². The van der Waals surface area contributed by atoms with Crippen molar-refractivity contribution in [1.29, 1.82) is 0 Å². The summed E-state index contributed by atoms with van der Waals surface area (Å²) in [5, 5.41) is 3.38. The minimum Gasteiger partial charge on any atom is -0.319 e. The van der Waals surface area contributed by atoms with Gasteiger partial charge in [0.25, 0.3) is 0 Å². The van der Waals surface area contributed by atoms with Crippen LogP contribution in [-0.4, -0.2) is 64.2 Å². The Morgan fingerprint density at radius 1 is 1.06 bits per heavy atom. The highest BCUT2D eigenvalue weighted by molar-refractivity contribution is 4.88. The van der Waals surface area contributed by atoms with Crippen molar-refractivity contribution in [2.45, 2.75) is 25.7 Å². The van der Waals surface area contributed by atoms with E-state index in [0.29, 0.717) is 5.41 Å². The van der Waals surface area contributed by atoms with Gasteiger partial charge in [-0.15, -0.1) is 0 Å². The molecule has 0 spiro atoms. The van der Waals surface area contributed by atoms with Gasteiger partial charge in [0.2, 0.25) is 0 Å². The van der Waals surface area contributed by atoms with Crippen molar-refractivity contribution in [1.82, 2.24) is 15.1 Å². The maximum Gasteiger partial charge on any atom is 0.0106 e. The van der Waals surface area contributed by atoms with E-state index < -0.39 is 0 Å². The molecule has 0 heterocycles. The van der Waals surface area contributed by atoms with E-state index in [4.69, 9.17) is 0 Å². The number of hydrogen-bond donors (Lipinski definition) is 1. The second-order valence-corrected chi connectivity index (χ2v) is 5.78. The first-order valence-electron chi connectivity index (χ1n) is 6.56. The van der Waals surface area contributed by atoms with Crippen LogP contribution in [0.2, 0.25) is 0 Å². The lowest BCUT2D eigenvalue weighted by atomic mass is 9.85. The second kappa shape index (κ2) is 6.58. The monoisotopic (exact) mass is 227 g/mol. The summed E-state index contributed by atoms with van der Waals surface area (Å²) in [5.41, 5.74) is 0.551. The minimum atomic E-state index is 0.551. The highest BCUT2D eigenvalue weighted by atomic mass is 15.2. The molecule has 0 radical (unpaired) electrons. The van der Waals surface area contributed by atoms with Crippen LogP contribution in [0.3, 0.4) is 0 Å². The van der Waals surface area contributed by atoms with Crippen LogP contribution in [-0.2, 0) is 0 Å². The van der Waals surface area contributed by atoms with Gasteiger partial charge in [0, 0.05) is 26.2 Å². The summed E-state index contributed by atoms with van der Waals surface area (Å²) in [6.07, 6.45) is 5.65. The van der Waals surface area contributed by atoms with Crippen molar-refractivity contribution in [3.05, 3.63) is 0 Å². The van der Waals surface area contributed by atoms with E-state index in [0.717, 1.165) is 6.54 Å². The fourth-order valence-corrected chi connectivity index (χ4v) is 2.91. The van der Waals surface area contributed by atoms with Crippen molar-refractivity contribution >= 4 is 0 Å². The summed E-state index contributed by atoms with van der Waals surface area (Å²) < 4.78 is 0. The van der Waals surface area contributed by atoms with Crippen LogP contribution < -0.4 is 5.32 Å². The Hall–Kier alpha value is -0.120. The molecule has 0 aromatic rings. The Balaban J connectivity index is 2.36. The van der Waals surface area contributed by atoms with Gasteiger partial charge < -0.3 is 15.1 Å². The van der Waals surface area contributed by atoms with Gasteiger partial charge in [-0.2, -0.15) is 0 Å². The molecule has 0 saturated heterocycles. The second-order valence-electron chi connectivity index (χ2n) is 5.78. The molecule has 3 nitrogen and oxygen atoms in total. The molecule has 0 aromatic heterocycles. The van der Waals surface area contributed by atoms with E-state index in [1.165, 1.54) is 45.3 Å². The van der Waals surface area contributed by atoms with E-state index in [2.05, 4.69) is 43.3 Å². The van der Waals surface area contributed by atoms with Crippen molar-refractivity contribution in [3.63, 3.8) is 0 Å². The van der Waals surface area contributed by atoms with Gasteiger partial charge in [-0.05, 0) is 46.4 Å². The van der Waals surface area contributed by atoms with E-state index >= 15 is 0 Å². The first-order chi connectivity index (χ1) is 7.58. The lowest BCUT2D eigenvalue weighted by Crippen LogP contribution is -2.42. The van der Waals surface area contributed by atoms with Crippen LogP contribution in [0.15, 0.2) is 0 Å². The molecule has 3 heteroatoms. The molecule has 96 valence electrons. The SMILES string of the molecule is CNCC1(CN(C)CCN(C)C)CCCC1. The molecule has 16 heavy (non-hydrogen) atoms. The van der Waals surface area contributed by atoms with Gasteiger partial charge in [0.05, 0.1) is 0 Å². The smallest absolute Gasteiger partial charge is 0.0106 e. The maximum atomic E-state index is 3.38. The van der Waals surface area contributed by atoms with E-state index in [-0.39, 0.29) is 0 Å². The molecule has 1 saturated carbocycles.